The van der Waals surface area contributed by atoms with Crippen molar-refractivity contribution in [3.8, 4) is 0 Å². The molecule has 0 aliphatic rings. The van der Waals surface area contributed by atoms with Gasteiger partial charge in [-0.25, -0.2) is 9.79 Å². The number of rotatable bonds is 4. The molecule has 1 aromatic carbocycles. The highest BCUT2D eigenvalue weighted by atomic mass is 16.5. The Hall–Kier alpha value is -1.90. The minimum Gasteiger partial charge on any atom is -0.461 e. The van der Waals surface area contributed by atoms with E-state index in [2.05, 4.69) is 11.6 Å². The predicted molar refractivity (Wildman–Crippen MR) is 59.8 cm³/mol. The first-order chi connectivity index (χ1) is 7.24. The molecule has 0 radical (unpaired) electrons. The number of aliphatic imine (C=N–C) groups is 1. The molecule has 3 heteroatoms. The average molecular weight is 203 g/mol. The van der Waals surface area contributed by atoms with Gasteiger partial charge in [0.25, 0.3) is 0 Å². The third kappa shape index (κ3) is 3.77. The molecule has 0 aliphatic heterocycles. The number of hydrogen-bond acceptors (Lipinski definition) is 3. The Morgan fingerprint density at radius 1 is 1.47 bits per heavy atom. The van der Waals surface area contributed by atoms with Crippen molar-refractivity contribution in [1.82, 2.24) is 0 Å². The molecule has 0 aliphatic carbocycles. The summed E-state index contributed by atoms with van der Waals surface area (Å²) in [6.45, 7) is 5.59. The summed E-state index contributed by atoms with van der Waals surface area (Å²) in [5.74, 6) is -0.482. The summed E-state index contributed by atoms with van der Waals surface area (Å²) in [7, 11) is 0. The van der Waals surface area contributed by atoms with Gasteiger partial charge in [0, 0.05) is 6.21 Å². The van der Waals surface area contributed by atoms with Gasteiger partial charge in [-0.1, -0.05) is 36.9 Å². The van der Waals surface area contributed by atoms with Crippen LogP contribution in [0.4, 0.5) is 0 Å². The van der Waals surface area contributed by atoms with Crippen molar-refractivity contribution in [2.24, 2.45) is 4.99 Å². The fraction of sp³-hybridized carbons (Fsp3) is 0.167. The molecule has 0 N–H and O–H groups in total. The lowest BCUT2D eigenvalue weighted by Crippen LogP contribution is -2.05. The van der Waals surface area contributed by atoms with Crippen LogP contribution in [0.5, 0.6) is 0 Å². The molecule has 1 aromatic rings. The van der Waals surface area contributed by atoms with Gasteiger partial charge in [0.15, 0.2) is 0 Å². The SMILES string of the molecule is C=C(N=Cc1ccccc1)C(=O)OCC. The molecule has 15 heavy (non-hydrogen) atoms. The molecule has 0 aromatic heterocycles. The van der Waals surface area contributed by atoms with Crippen molar-refractivity contribution in [2.75, 3.05) is 6.61 Å². The molecular formula is C12H13NO2. The quantitative estimate of drug-likeness (QED) is 0.427. The van der Waals surface area contributed by atoms with Crippen LogP contribution in [0.2, 0.25) is 0 Å². The number of ether oxygens (including phenoxy) is 1. The normalized spacial score (nSPS) is 10.2. The van der Waals surface area contributed by atoms with Crippen LogP contribution >= 0.6 is 0 Å². The zero-order chi connectivity index (χ0) is 11.1. The van der Waals surface area contributed by atoms with Gasteiger partial charge in [-0.2, -0.15) is 0 Å². The van der Waals surface area contributed by atoms with Crippen LogP contribution < -0.4 is 0 Å². The van der Waals surface area contributed by atoms with Gasteiger partial charge in [0.2, 0.25) is 0 Å². The first kappa shape index (κ1) is 11.2. The maximum absolute atomic E-state index is 11.1. The molecule has 0 atom stereocenters. The van der Waals surface area contributed by atoms with Crippen LogP contribution in [-0.2, 0) is 9.53 Å². The molecule has 78 valence electrons. The number of esters is 1. The van der Waals surface area contributed by atoms with Gasteiger partial charge in [-0.05, 0) is 12.5 Å². The maximum atomic E-state index is 11.1. The molecule has 0 saturated heterocycles. The number of hydrogen-bond donors (Lipinski definition) is 0. The second kappa shape index (κ2) is 5.75. The molecule has 0 heterocycles. The van der Waals surface area contributed by atoms with E-state index in [9.17, 15) is 4.79 Å². The summed E-state index contributed by atoms with van der Waals surface area (Å²) in [4.78, 5) is 15.0. The number of benzene rings is 1. The van der Waals surface area contributed by atoms with Gasteiger partial charge >= 0.3 is 5.97 Å². The number of nitrogens with zero attached hydrogens (tertiary/aromatic N) is 1. The van der Waals surface area contributed by atoms with Gasteiger partial charge in [-0.3, -0.25) is 0 Å². The van der Waals surface area contributed by atoms with Crippen molar-refractivity contribution in [3.63, 3.8) is 0 Å². The number of carbonyl (C=O) groups excluding carboxylic acids is 1. The second-order valence-electron chi connectivity index (χ2n) is 2.84. The topological polar surface area (TPSA) is 38.7 Å². The van der Waals surface area contributed by atoms with E-state index in [4.69, 9.17) is 4.74 Å². The van der Waals surface area contributed by atoms with E-state index in [-0.39, 0.29) is 5.70 Å². The Balaban J connectivity index is 2.59. The molecule has 0 unspecified atom stereocenters. The Morgan fingerprint density at radius 2 is 2.13 bits per heavy atom. The Bertz CT molecular complexity index is 368. The molecule has 0 spiro atoms. The lowest BCUT2D eigenvalue weighted by Gasteiger charge is -1.99. The summed E-state index contributed by atoms with van der Waals surface area (Å²) >= 11 is 0. The highest BCUT2D eigenvalue weighted by molar-refractivity contribution is 5.91. The van der Waals surface area contributed by atoms with Crippen LogP contribution in [-0.4, -0.2) is 18.8 Å². The molecule has 0 bridgehead atoms. The maximum Gasteiger partial charge on any atom is 0.356 e. The molecule has 3 nitrogen and oxygen atoms in total. The highest BCUT2D eigenvalue weighted by Crippen LogP contribution is 1.99. The Morgan fingerprint density at radius 3 is 2.73 bits per heavy atom. The van der Waals surface area contributed by atoms with Gasteiger partial charge < -0.3 is 4.74 Å². The summed E-state index contributed by atoms with van der Waals surface area (Å²) in [6, 6.07) is 9.49. The lowest BCUT2D eigenvalue weighted by atomic mass is 10.2. The zero-order valence-corrected chi connectivity index (χ0v) is 8.64. The predicted octanol–water partition coefficient (Wildman–Crippen LogP) is 2.18. The first-order valence-electron chi connectivity index (χ1n) is 4.69. The van der Waals surface area contributed by atoms with E-state index >= 15 is 0 Å². The summed E-state index contributed by atoms with van der Waals surface area (Å²) < 4.78 is 4.74. The third-order valence-electron chi connectivity index (χ3n) is 1.68. The van der Waals surface area contributed by atoms with E-state index in [0.29, 0.717) is 6.61 Å². The molecule has 1 rings (SSSR count). The smallest absolute Gasteiger partial charge is 0.356 e. The fourth-order valence-electron chi connectivity index (χ4n) is 0.959. The lowest BCUT2D eigenvalue weighted by molar-refractivity contribution is -0.138. The van der Waals surface area contributed by atoms with Gasteiger partial charge in [0.05, 0.1) is 6.61 Å². The largest absolute Gasteiger partial charge is 0.461 e. The summed E-state index contributed by atoms with van der Waals surface area (Å²) in [6.07, 6.45) is 1.58. The minimum atomic E-state index is -0.482. The van der Waals surface area contributed by atoms with Crippen LogP contribution in [0.15, 0.2) is 47.6 Å². The van der Waals surface area contributed by atoms with Crippen LogP contribution in [0, 0.1) is 0 Å². The summed E-state index contributed by atoms with van der Waals surface area (Å²) in [5.41, 5.74) is 1.03. The standard InChI is InChI=1S/C12H13NO2/c1-3-15-12(14)10(2)13-9-11-7-5-4-6-8-11/h4-9H,2-3H2,1H3. The molecule has 0 amide bonds. The van der Waals surface area contributed by atoms with Gasteiger partial charge in [-0.15, -0.1) is 0 Å². The van der Waals surface area contributed by atoms with Crippen LogP contribution in [0.25, 0.3) is 0 Å². The Labute approximate surface area is 89.1 Å². The molecular weight excluding hydrogens is 190 g/mol. The summed E-state index contributed by atoms with van der Waals surface area (Å²) in [5, 5.41) is 0. The van der Waals surface area contributed by atoms with E-state index in [1.165, 1.54) is 0 Å². The monoisotopic (exact) mass is 203 g/mol. The number of carbonyl (C=O) groups is 1. The minimum absolute atomic E-state index is 0.112. The fourth-order valence-corrected chi connectivity index (χ4v) is 0.959. The van der Waals surface area contributed by atoms with Crippen molar-refractivity contribution in [1.29, 1.82) is 0 Å². The Kier molecular flexibility index (Phi) is 4.29. The van der Waals surface area contributed by atoms with Crippen molar-refractivity contribution in [2.45, 2.75) is 6.92 Å². The molecule has 0 fully saturated rings. The first-order valence-corrected chi connectivity index (χ1v) is 4.69. The van der Waals surface area contributed by atoms with Crippen LogP contribution in [0.3, 0.4) is 0 Å². The van der Waals surface area contributed by atoms with E-state index in [0.717, 1.165) is 5.56 Å². The van der Waals surface area contributed by atoms with E-state index < -0.39 is 5.97 Å². The van der Waals surface area contributed by atoms with Crippen molar-refractivity contribution >= 4 is 12.2 Å². The second-order valence-corrected chi connectivity index (χ2v) is 2.84. The van der Waals surface area contributed by atoms with E-state index in [1.807, 2.05) is 30.3 Å². The third-order valence-corrected chi connectivity index (χ3v) is 1.68. The van der Waals surface area contributed by atoms with Gasteiger partial charge in [0.1, 0.15) is 5.70 Å². The van der Waals surface area contributed by atoms with Crippen molar-refractivity contribution < 1.29 is 9.53 Å². The highest BCUT2D eigenvalue weighted by Gasteiger charge is 2.04. The average Bonchev–Trinajstić information content (AvgIpc) is 2.27. The van der Waals surface area contributed by atoms with Crippen molar-refractivity contribution in [3.05, 3.63) is 48.2 Å². The van der Waals surface area contributed by atoms with Crippen LogP contribution in [0.1, 0.15) is 12.5 Å². The zero-order valence-electron chi connectivity index (χ0n) is 8.64. The molecule has 0 saturated carbocycles. The van der Waals surface area contributed by atoms with E-state index in [1.54, 1.807) is 13.1 Å².